The van der Waals surface area contributed by atoms with E-state index in [9.17, 15) is 0 Å². The molecule has 2 unspecified atom stereocenters. The fourth-order valence-electron chi connectivity index (χ4n) is 1.46. The molecule has 0 radical (unpaired) electrons. The van der Waals surface area contributed by atoms with Gasteiger partial charge in [0.05, 0.1) is 5.25 Å². The van der Waals surface area contributed by atoms with Crippen LogP contribution in [0.2, 0.25) is 0 Å². The second-order valence-corrected chi connectivity index (χ2v) is 4.94. The Morgan fingerprint density at radius 2 is 2.57 bits per heavy atom. The zero-order chi connectivity index (χ0) is 9.97. The summed E-state index contributed by atoms with van der Waals surface area (Å²) in [7, 11) is 0. The minimum absolute atomic E-state index is 0.169. The summed E-state index contributed by atoms with van der Waals surface area (Å²) < 4.78 is 5.18. The van der Waals surface area contributed by atoms with Crippen LogP contribution in [0.1, 0.15) is 42.6 Å². The second kappa shape index (κ2) is 4.31. The average molecular weight is 213 g/mol. The SMILES string of the molecule is CC(CN)c1nc(C2CCCS2)no1. The summed E-state index contributed by atoms with van der Waals surface area (Å²) in [5.41, 5.74) is 5.53. The predicted octanol–water partition coefficient (Wildman–Crippen LogP) is 1.70. The van der Waals surface area contributed by atoms with E-state index in [4.69, 9.17) is 10.3 Å². The van der Waals surface area contributed by atoms with Crippen LogP contribution in [0.5, 0.6) is 0 Å². The molecule has 0 saturated carbocycles. The molecule has 0 aromatic carbocycles. The first kappa shape index (κ1) is 9.98. The first-order valence-corrected chi connectivity index (χ1v) is 6.01. The Morgan fingerprint density at radius 3 is 3.21 bits per heavy atom. The van der Waals surface area contributed by atoms with Gasteiger partial charge in [0.1, 0.15) is 0 Å². The first-order valence-electron chi connectivity index (χ1n) is 4.96. The zero-order valence-electron chi connectivity index (χ0n) is 8.27. The quantitative estimate of drug-likeness (QED) is 0.827. The maximum absolute atomic E-state index is 5.53. The molecule has 4 nitrogen and oxygen atoms in total. The number of hydrogen-bond donors (Lipinski definition) is 1. The van der Waals surface area contributed by atoms with Crippen LogP contribution in [0, 0.1) is 0 Å². The summed E-state index contributed by atoms with van der Waals surface area (Å²) in [6, 6.07) is 0. The Kier molecular flexibility index (Phi) is 3.08. The summed E-state index contributed by atoms with van der Waals surface area (Å²) in [5.74, 6) is 2.90. The lowest BCUT2D eigenvalue weighted by Gasteiger charge is -2.00. The molecule has 2 rings (SSSR count). The molecule has 2 N–H and O–H groups in total. The number of rotatable bonds is 3. The predicted molar refractivity (Wildman–Crippen MR) is 56.2 cm³/mol. The van der Waals surface area contributed by atoms with Crippen LogP contribution in [0.25, 0.3) is 0 Å². The Labute approximate surface area is 87.6 Å². The van der Waals surface area contributed by atoms with E-state index in [1.807, 2.05) is 18.7 Å². The molecule has 5 heteroatoms. The molecular formula is C9H15N3OS. The number of nitrogens with two attached hydrogens (primary N) is 1. The molecule has 1 aliphatic heterocycles. The molecule has 2 atom stereocenters. The van der Waals surface area contributed by atoms with Crippen molar-refractivity contribution in [2.45, 2.75) is 30.9 Å². The summed E-state index contributed by atoms with van der Waals surface area (Å²) in [6.07, 6.45) is 2.42. The van der Waals surface area contributed by atoms with Crippen molar-refractivity contribution < 1.29 is 4.52 Å². The van der Waals surface area contributed by atoms with Crippen LogP contribution in [-0.2, 0) is 0 Å². The standard InChI is InChI=1S/C9H15N3OS/c1-6(5-10)9-11-8(12-13-9)7-3-2-4-14-7/h6-7H,2-5,10H2,1H3. The molecule has 14 heavy (non-hydrogen) atoms. The number of hydrogen-bond acceptors (Lipinski definition) is 5. The summed E-state index contributed by atoms with van der Waals surface area (Å²) in [5, 5.41) is 4.45. The Balaban J connectivity index is 2.08. The second-order valence-electron chi connectivity index (χ2n) is 3.63. The third-order valence-corrected chi connectivity index (χ3v) is 3.82. The minimum atomic E-state index is 0.169. The number of nitrogens with zero attached hydrogens (tertiary/aromatic N) is 2. The van der Waals surface area contributed by atoms with Crippen molar-refractivity contribution in [3.8, 4) is 0 Å². The van der Waals surface area contributed by atoms with Crippen LogP contribution in [-0.4, -0.2) is 22.4 Å². The topological polar surface area (TPSA) is 64.9 Å². The van der Waals surface area contributed by atoms with Gasteiger partial charge in [-0.25, -0.2) is 0 Å². The molecule has 0 amide bonds. The lowest BCUT2D eigenvalue weighted by Crippen LogP contribution is -2.09. The van der Waals surface area contributed by atoms with E-state index in [2.05, 4.69) is 10.1 Å². The van der Waals surface area contributed by atoms with Crippen molar-refractivity contribution >= 4 is 11.8 Å². The molecule has 1 saturated heterocycles. The van der Waals surface area contributed by atoms with Gasteiger partial charge >= 0.3 is 0 Å². The highest BCUT2D eigenvalue weighted by Gasteiger charge is 2.23. The van der Waals surface area contributed by atoms with Gasteiger partial charge in [0.25, 0.3) is 0 Å². The largest absolute Gasteiger partial charge is 0.339 e. The Bertz CT molecular complexity index is 296. The fourth-order valence-corrected chi connectivity index (χ4v) is 2.66. The van der Waals surface area contributed by atoms with Crippen molar-refractivity contribution in [3.05, 3.63) is 11.7 Å². The third kappa shape index (κ3) is 1.93. The van der Waals surface area contributed by atoms with Gasteiger partial charge in [-0.1, -0.05) is 12.1 Å². The summed E-state index contributed by atoms with van der Waals surface area (Å²) in [4.78, 5) is 4.38. The van der Waals surface area contributed by atoms with Gasteiger partial charge in [-0.15, -0.1) is 0 Å². The maximum Gasteiger partial charge on any atom is 0.230 e. The van der Waals surface area contributed by atoms with Crippen LogP contribution in [0.4, 0.5) is 0 Å². The highest BCUT2D eigenvalue weighted by atomic mass is 32.2. The van der Waals surface area contributed by atoms with Crippen molar-refractivity contribution in [1.29, 1.82) is 0 Å². The van der Waals surface area contributed by atoms with Crippen molar-refractivity contribution in [1.82, 2.24) is 10.1 Å². The van der Waals surface area contributed by atoms with E-state index in [1.54, 1.807) is 0 Å². The van der Waals surface area contributed by atoms with Crippen LogP contribution in [0.3, 0.4) is 0 Å². The lowest BCUT2D eigenvalue weighted by molar-refractivity contribution is 0.356. The average Bonchev–Trinajstić information content (AvgIpc) is 2.86. The van der Waals surface area contributed by atoms with Crippen LogP contribution < -0.4 is 5.73 Å². The van der Waals surface area contributed by atoms with Crippen LogP contribution in [0.15, 0.2) is 4.52 Å². The Morgan fingerprint density at radius 1 is 1.71 bits per heavy atom. The lowest BCUT2D eigenvalue weighted by atomic mass is 10.2. The molecule has 1 fully saturated rings. The van der Waals surface area contributed by atoms with E-state index in [1.165, 1.54) is 18.6 Å². The van der Waals surface area contributed by atoms with E-state index in [0.717, 1.165) is 5.82 Å². The Hall–Kier alpha value is -0.550. The summed E-state index contributed by atoms with van der Waals surface area (Å²) >= 11 is 1.91. The molecule has 0 spiro atoms. The number of aromatic nitrogens is 2. The van der Waals surface area contributed by atoms with Gasteiger partial charge in [0.2, 0.25) is 5.89 Å². The molecule has 0 aliphatic carbocycles. The van der Waals surface area contributed by atoms with Gasteiger partial charge in [-0.3, -0.25) is 0 Å². The van der Waals surface area contributed by atoms with Gasteiger partial charge in [-0.05, 0) is 18.6 Å². The first-order chi connectivity index (χ1) is 6.81. The smallest absolute Gasteiger partial charge is 0.230 e. The molecule has 0 bridgehead atoms. The molecule has 2 heterocycles. The molecule has 1 aromatic heterocycles. The van der Waals surface area contributed by atoms with Gasteiger partial charge < -0.3 is 10.3 Å². The normalized spacial score (nSPS) is 24.0. The van der Waals surface area contributed by atoms with Crippen LogP contribution >= 0.6 is 11.8 Å². The number of thioether (sulfide) groups is 1. The summed E-state index contributed by atoms with van der Waals surface area (Å²) in [6.45, 7) is 2.55. The van der Waals surface area contributed by atoms with Gasteiger partial charge in [0, 0.05) is 12.5 Å². The zero-order valence-corrected chi connectivity index (χ0v) is 9.09. The molecular weight excluding hydrogens is 198 g/mol. The van der Waals surface area contributed by atoms with E-state index in [0.29, 0.717) is 17.7 Å². The fraction of sp³-hybridized carbons (Fsp3) is 0.778. The van der Waals surface area contributed by atoms with Crippen molar-refractivity contribution in [2.75, 3.05) is 12.3 Å². The minimum Gasteiger partial charge on any atom is -0.339 e. The van der Waals surface area contributed by atoms with E-state index < -0.39 is 0 Å². The molecule has 1 aromatic rings. The molecule has 78 valence electrons. The maximum atomic E-state index is 5.53. The monoisotopic (exact) mass is 213 g/mol. The highest BCUT2D eigenvalue weighted by molar-refractivity contribution is 7.99. The van der Waals surface area contributed by atoms with Crippen molar-refractivity contribution in [2.24, 2.45) is 5.73 Å². The third-order valence-electron chi connectivity index (χ3n) is 2.45. The molecule has 1 aliphatic rings. The highest BCUT2D eigenvalue weighted by Crippen LogP contribution is 2.38. The van der Waals surface area contributed by atoms with Gasteiger partial charge in [-0.2, -0.15) is 16.7 Å². The van der Waals surface area contributed by atoms with E-state index >= 15 is 0 Å². The van der Waals surface area contributed by atoms with Gasteiger partial charge in [0.15, 0.2) is 5.82 Å². The van der Waals surface area contributed by atoms with Crippen molar-refractivity contribution in [3.63, 3.8) is 0 Å². The van der Waals surface area contributed by atoms with E-state index in [-0.39, 0.29) is 5.92 Å².